The van der Waals surface area contributed by atoms with Gasteiger partial charge in [-0.05, 0) is 11.5 Å². The van der Waals surface area contributed by atoms with Gasteiger partial charge < -0.3 is 0 Å². The highest BCUT2D eigenvalue weighted by molar-refractivity contribution is 7.98. The summed E-state index contributed by atoms with van der Waals surface area (Å²) in [7, 11) is 0. The molecule has 14 heavy (non-hydrogen) atoms. The van der Waals surface area contributed by atoms with Crippen LogP contribution in [-0.2, 0) is 5.75 Å². The van der Waals surface area contributed by atoms with E-state index in [0.717, 1.165) is 11.5 Å². The number of allylic oxidation sites excluding steroid dienone is 1. The molecule has 0 bridgehead atoms. The normalized spacial score (nSPS) is 11.4. The van der Waals surface area contributed by atoms with E-state index in [1.54, 1.807) is 0 Å². The SMILES string of the molecule is CC(C)/C=C\CSCc1ccccc1. The summed E-state index contributed by atoms with van der Waals surface area (Å²) in [6.07, 6.45) is 4.52. The van der Waals surface area contributed by atoms with E-state index in [1.165, 1.54) is 5.56 Å². The molecule has 76 valence electrons. The third kappa shape index (κ3) is 5.13. The number of hydrogen-bond donors (Lipinski definition) is 0. The first kappa shape index (κ1) is 11.4. The second-order valence-electron chi connectivity index (χ2n) is 3.67. The Hall–Kier alpha value is -0.690. The Kier molecular flexibility index (Phi) is 5.46. The molecule has 0 heterocycles. The summed E-state index contributed by atoms with van der Waals surface area (Å²) in [5.41, 5.74) is 1.41. The molecule has 0 nitrogen and oxygen atoms in total. The molecule has 1 heteroatoms. The van der Waals surface area contributed by atoms with Crippen LogP contribution in [-0.4, -0.2) is 5.75 Å². The van der Waals surface area contributed by atoms with E-state index < -0.39 is 0 Å². The van der Waals surface area contributed by atoms with Crippen molar-refractivity contribution in [2.45, 2.75) is 19.6 Å². The Morgan fingerprint density at radius 2 is 1.93 bits per heavy atom. The van der Waals surface area contributed by atoms with Crippen molar-refractivity contribution in [3.8, 4) is 0 Å². The van der Waals surface area contributed by atoms with Crippen LogP contribution in [0.4, 0.5) is 0 Å². The van der Waals surface area contributed by atoms with Crippen LogP contribution in [0.1, 0.15) is 19.4 Å². The van der Waals surface area contributed by atoms with Gasteiger partial charge in [-0.2, -0.15) is 11.8 Å². The highest BCUT2D eigenvalue weighted by Crippen LogP contribution is 2.11. The van der Waals surface area contributed by atoms with Crippen molar-refractivity contribution in [1.29, 1.82) is 0 Å². The Morgan fingerprint density at radius 1 is 1.21 bits per heavy atom. The molecule has 0 saturated carbocycles. The van der Waals surface area contributed by atoms with Crippen molar-refractivity contribution >= 4 is 11.8 Å². The van der Waals surface area contributed by atoms with Crippen LogP contribution in [0.3, 0.4) is 0 Å². The lowest BCUT2D eigenvalue weighted by Crippen LogP contribution is -1.81. The topological polar surface area (TPSA) is 0 Å². The van der Waals surface area contributed by atoms with E-state index in [1.807, 2.05) is 11.8 Å². The van der Waals surface area contributed by atoms with E-state index in [9.17, 15) is 0 Å². The van der Waals surface area contributed by atoms with E-state index in [4.69, 9.17) is 0 Å². The molecule has 1 aromatic rings. The van der Waals surface area contributed by atoms with Gasteiger partial charge in [-0.15, -0.1) is 0 Å². The van der Waals surface area contributed by atoms with Crippen molar-refractivity contribution in [1.82, 2.24) is 0 Å². The zero-order chi connectivity index (χ0) is 10.2. The minimum atomic E-state index is 0.673. The van der Waals surface area contributed by atoms with Gasteiger partial charge in [-0.3, -0.25) is 0 Å². The van der Waals surface area contributed by atoms with Crippen LogP contribution in [0.5, 0.6) is 0 Å². The number of hydrogen-bond acceptors (Lipinski definition) is 1. The monoisotopic (exact) mass is 206 g/mol. The van der Waals surface area contributed by atoms with E-state index in [-0.39, 0.29) is 0 Å². The summed E-state index contributed by atoms with van der Waals surface area (Å²) < 4.78 is 0. The average Bonchev–Trinajstić information content (AvgIpc) is 2.18. The summed E-state index contributed by atoms with van der Waals surface area (Å²) in [4.78, 5) is 0. The van der Waals surface area contributed by atoms with Gasteiger partial charge in [0, 0.05) is 11.5 Å². The second-order valence-corrected chi connectivity index (χ2v) is 4.70. The highest BCUT2D eigenvalue weighted by atomic mass is 32.2. The molecule has 0 aliphatic heterocycles. The molecule has 0 spiro atoms. The standard InChI is InChI=1S/C13H18S/c1-12(2)7-6-10-14-11-13-8-4-3-5-9-13/h3-9,12H,10-11H2,1-2H3/b7-6-. The van der Waals surface area contributed by atoms with Gasteiger partial charge in [0.05, 0.1) is 0 Å². The van der Waals surface area contributed by atoms with Gasteiger partial charge in [0.2, 0.25) is 0 Å². The van der Waals surface area contributed by atoms with Crippen molar-refractivity contribution in [2.24, 2.45) is 5.92 Å². The van der Waals surface area contributed by atoms with Gasteiger partial charge in [0.25, 0.3) is 0 Å². The molecule has 0 amide bonds. The van der Waals surface area contributed by atoms with Crippen LogP contribution in [0, 0.1) is 5.92 Å². The molecule has 1 rings (SSSR count). The van der Waals surface area contributed by atoms with Crippen LogP contribution in [0.2, 0.25) is 0 Å². The molecule has 0 N–H and O–H groups in total. The fourth-order valence-corrected chi connectivity index (χ4v) is 1.94. The fraction of sp³-hybridized carbons (Fsp3) is 0.385. The minimum Gasteiger partial charge on any atom is -0.153 e. The number of thioether (sulfide) groups is 1. The number of rotatable bonds is 5. The first-order valence-electron chi connectivity index (χ1n) is 5.07. The van der Waals surface area contributed by atoms with Gasteiger partial charge in [0.1, 0.15) is 0 Å². The molecular weight excluding hydrogens is 188 g/mol. The molecule has 0 fully saturated rings. The molecule has 0 unspecified atom stereocenters. The maximum absolute atomic E-state index is 2.26. The average molecular weight is 206 g/mol. The predicted octanol–water partition coefficient (Wildman–Crippen LogP) is 4.13. The lowest BCUT2D eigenvalue weighted by Gasteiger charge is -1.98. The minimum absolute atomic E-state index is 0.673. The largest absolute Gasteiger partial charge is 0.153 e. The smallest absolute Gasteiger partial charge is 0.0187 e. The van der Waals surface area contributed by atoms with Crippen LogP contribution in [0.15, 0.2) is 42.5 Å². The predicted molar refractivity (Wildman–Crippen MR) is 66.6 cm³/mol. The number of benzene rings is 1. The quantitative estimate of drug-likeness (QED) is 0.515. The second kappa shape index (κ2) is 6.72. The summed E-state index contributed by atoms with van der Waals surface area (Å²) in [5.74, 6) is 2.91. The van der Waals surface area contributed by atoms with Gasteiger partial charge in [-0.1, -0.05) is 56.3 Å². The molecule has 1 aromatic carbocycles. The Balaban J connectivity index is 2.16. The molecule has 0 saturated heterocycles. The third-order valence-corrected chi connectivity index (χ3v) is 2.81. The van der Waals surface area contributed by atoms with Crippen LogP contribution < -0.4 is 0 Å². The fourth-order valence-electron chi connectivity index (χ4n) is 1.15. The summed E-state index contributed by atoms with van der Waals surface area (Å²) in [5, 5.41) is 0. The van der Waals surface area contributed by atoms with Crippen molar-refractivity contribution < 1.29 is 0 Å². The first-order chi connectivity index (χ1) is 6.79. The third-order valence-electron chi connectivity index (χ3n) is 1.85. The van der Waals surface area contributed by atoms with Gasteiger partial charge in [-0.25, -0.2) is 0 Å². The van der Waals surface area contributed by atoms with Crippen molar-refractivity contribution in [3.05, 3.63) is 48.0 Å². The van der Waals surface area contributed by atoms with Gasteiger partial charge >= 0.3 is 0 Å². The molecule has 0 atom stereocenters. The first-order valence-corrected chi connectivity index (χ1v) is 6.23. The molecule has 0 aliphatic carbocycles. The van der Waals surface area contributed by atoms with E-state index in [2.05, 4.69) is 56.3 Å². The van der Waals surface area contributed by atoms with Crippen LogP contribution >= 0.6 is 11.8 Å². The summed E-state index contributed by atoms with van der Waals surface area (Å²) in [6, 6.07) is 10.6. The van der Waals surface area contributed by atoms with Crippen molar-refractivity contribution in [2.75, 3.05) is 5.75 Å². The molecule has 0 aromatic heterocycles. The summed E-state index contributed by atoms with van der Waals surface area (Å²) in [6.45, 7) is 4.41. The Bertz CT molecular complexity index is 262. The van der Waals surface area contributed by atoms with Gasteiger partial charge in [0.15, 0.2) is 0 Å². The molecular formula is C13H18S. The highest BCUT2D eigenvalue weighted by Gasteiger charge is 1.90. The zero-order valence-electron chi connectivity index (χ0n) is 8.94. The van der Waals surface area contributed by atoms with E-state index >= 15 is 0 Å². The Morgan fingerprint density at radius 3 is 2.57 bits per heavy atom. The molecule has 0 aliphatic rings. The Labute approximate surface area is 91.4 Å². The lowest BCUT2D eigenvalue weighted by atomic mass is 10.2. The summed E-state index contributed by atoms with van der Waals surface area (Å²) >= 11 is 1.96. The zero-order valence-corrected chi connectivity index (χ0v) is 9.76. The van der Waals surface area contributed by atoms with Crippen LogP contribution in [0.25, 0.3) is 0 Å². The maximum Gasteiger partial charge on any atom is 0.0187 e. The molecule has 0 radical (unpaired) electrons. The van der Waals surface area contributed by atoms with Crippen molar-refractivity contribution in [3.63, 3.8) is 0 Å². The maximum atomic E-state index is 2.26. The lowest BCUT2D eigenvalue weighted by molar-refractivity contribution is 0.830. The van der Waals surface area contributed by atoms with E-state index in [0.29, 0.717) is 5.92 Å².